The third-order valence-corrected chi connectivity index (χ3v) is 10.7. The van der Waals surface area contributed by atoms with E-state index >= 15 is 0 Å². The topological polar surface area (TPSA) is 81.2 Å². The first-order chi connectivity index (χ1) is 19.4. The van der Waals surface area contributed by atoms with E-state index in [-0.39, 0.29) is 52.3 Å². The van der Waals surface area contributed by atoms with E-state index < -0.39 is 39.9 Å². The number of carbonyl (C=O) groups excluding carboxylic acids is 2. The zero-order valence-corrected chi connectivity index (χ0v) is 25.1. The number of nitrogens with zero attached hydrogens (tertiary/aromatic N) is 4. The Balaban J connectivity index is 1.63. The molecule has 2 amide bonds. The van der Waals surface area contributed by atoms with Crippen molar-refractivity contribution in [2.75, 3.05) is 26.2 Å². The van der Waals surface area contributed by atoms with Gasteiger partial charge >= 0.3 is 0 Å². The van der Waals surface area contributed by atoms with Gasteiger partial charge < -0.3 is 9.80 Å². The molecule has 13 heteroatoms. The number of likely N-dealkylation sites (tertiary alicyclic amines) is 1. The molecule has 3 aliphatic heterocycles. The predicted molar refractivity (Wildman–Crippen MR) is 151 cm³/mol. The molecule has 3 aliphatic rings. The summed E-state index contributed by atoms with van der Waals surface area (Å²) in [7, 11) is -4.28. The van der Waals surface area contributed by atoms with Gasteiger partial charge in [-0.15, -0.1) is 0 Å². The Hall–Kier alpha value is -2.31. The van der Waals surface area contributed by atoms with Crippen LogP contribution in [0.15, 0.2) is 41.3 Å². The van der Waals surface area contributed by atoms with Crippen molar-refractivity contribution in [3.63, 3.8) is 0 Å². The second-order valence-electron chi connectivity index (χ2n) is 11.0. The quantitative estimate of drug-likeness (QED) is 0.480. The number of piperidine rings is 1. The van der Waals surface area contributed by atoms with Crippen LogP contribution in [0.1, 0.15) is 38.7 Å². The maximum atomic E-state index is 14.3. The Morgan fingerprint density at radius 3 is 2.27 bits per heavy atom. The number of carbonyl (C=O) groups is 2. The lowest BCUT2D eigenvalue weighted by Crippen LogP contribution is -2.76. The summed E-state index contributed by atoms with van der Waals surface area (Å²) in [5, 5.41) is 0.220. The largest absolute Gasteiger partial charge is 0.335 e. The second-order valence-corrected chi connectivity index (χ2v) is 13.7. The molecule has 222 valence electrons. The number of amides is 2. The van der Waals surface area contributed by atoms with Crippen molar-refractivity contribution in [2.45, 2.75) is 68.7 Å². The Bertz CT molecular complexity index is 1450. The molecule has 0 bridgehead atoms. The normalized spacial score (nSPS) is 24.7. The zero-order valence-electron chi connectivity index (χ0n) is 22.8. The highest BCUT2D eigenvalue weighted by Crippen LogP contribution is 2.36. The van der Waals surface area contributed by atoms with Crippen LogP contribution in [0.3, 0.4) is 0 Å². The van der Waals surface area contributed by atoms with E-state index in [9.17, 15) is 26.8 Å². The summed E-state index contributed by atoms with van der Waals surface area (Å²) in [5.74, 6) is -2.83. The molecule has 0 spiro atoms. The van der Waals surface area contributed by atoms with E-state index in [0.717, 1.165) is 31.4 Å². The molecule has 5 rings (SSSR count). The van der Waals surface area contributed by atoms with Crippen molar-refractivity contribution in [3.05, 3.63) is 63.6 Å². The molecular weight excluding hydrogens is 597 g/mol. The molecule has 0 aliphatic carbocycles. The molecule has 3 atom stereocenters. The van der Waals surface area contributed by atoms with Crippen LogP contribution >= 0.6 is 23.2 Å². The summed E-state index contributed by atoms with van der Waals surface area (Å²) in [6.07, 6.45) is 1.59. The maximum Gasteiger partial charge on any atom is 0.246 e. The third kappa shape index (κ3) is 5.71. The van der Waals surface area contributed by atoms with Gasteiger partial charge in [0.25, 0.3) is 0 Å². The third-order valence-electron chi connectivity index (χ3n) is 8.16. The average Bonchev–Trinajstić information content (AvgIpc) is 2.92. The Labute approximate surface area is 248 Å². The summed E-state index contributed by atoms with van der Waals surface area (Å²) in [6, 6.07) is 5.22. The van der Waals surface area contributed by atoms with Gasteiger partial charge in [0, 0.05) is 24.0 Å². The minimum absolute atomic E-state index is 0.0479. The molecule has 0 aromatic heterocycles. The van der Waals surface area contributed by atoms with Crippen LogP contribution in [0, 0.1) is 11.6 Å². The lowest BCUT2D eigenvalue weighted by Gasteiger charge is -2.55. The van der Waals surface area contributed by atoms with Crippen LogP contribution in [0.4, 0.5) is 8.78 Å². The highest BCUT2D eigenvalue weighted by atomic mass is 35.5. The van der Waals surface area contributed by atoms with Crippen LogP contribution in [0.5, 0.6) is 0 Å². The minimum Gasteiger partial charge on any atom is -0.335 e. The van der Waals surface area contributed by atoms with Crippen molar-refractivity contribution in [3.8, 4) is 0 Å². The summed E-state index contributed by atoms with van der Waals surface area (Å²) in [5.41, 5.74) is 0.314. The highest BCUT2D eigenvalue weighted by Gasteiger charge is 2.55. The Morgan fingerprint density at radius 1 is 0.927 bits per heavy atom. The van der Waals surface area contributed by atoms with Gasteiger partial charge in [-0.05, 0) is 75.7 Å². The first-order valence-corrected chi connectivity index (χ1v) is 15.9. The summed E-state index contributed by atoms with van der Waals surface area (Å²) in [4.78, 5) is 32.8. The molecular formula is C28H32Cl2F2N4O4S. The molecule has 0 radical (unpaired) electrons. The van der Waals surface area contributed by atoms with Crippen LogP contribution in [-0.4, -0.2) is 89.7 Å². The van der Waals surface area contributed by atoms with Gasteiger partial charge in [-0.25, -0.2) is 17.2 Å². The van der Waals surface area contributed by atoms with E-state index in [1.165, 1.54) is 38.4 Å². The zero-order chi connectivity index (χ0) is 29.6. The molecule has 2 aromatic carbocycles. The van der Waals surface area contributed by atoms with E-state index in [4.69, 9.17) is 23.2 Å². The van der Waals surface area contributed by atoms with E-state index in [1.54, 1.807) is 13.8 Å². The lowest BCUT2D eigenvalue weighted by molar-refractivity contribution is -0.172. The smallest absolute Gasteiger partial charge is 0.246 e. The molecule has 3 saturated heterocycles. The number of hydrogen-bond acceptors (Lipinski definition) is 5. The fraction of sp³-hybridized carbons (Fsp3) is 0.500. The van der Waals surface area contributed by atoms with Crippen LogP contribution in [0.2, 0.25) is 10.0 Å². The monoisotopic (exact) mass is 628 g/mol. The first kappa shape index (κ1) is 30.2. The number of hydrogen-bond donors (Lipinski definition) is 0. The summed E-state index contributed by atoms with van der Waals surface area (Å²) >= 11 is 12.4. The van der Waals surface area contributed by atoms with Gasteiger partial charge in [0.2, 0.25) is 21.8 Å². The SMILES string of the molecule is CC(C)N1CC2N(C(=O)C(N3CCCCC3)CN2S(=O)(=O)c2ccc(Cl)cc2Cl)C(Cc2ccc(F)c(F)c2)C1=O. The van der Waals surface area contributed by atoms with Crippen molar-refractivity contribution in [1.29, 1.82) is 0 Å². The van der Waals surface area contributed by atoms with Gasteiger partial charge in [0.15, 0.2) is 11.6 Å². The number of benzene rings is 2. The standard InChI is InChI=1S/C28H32Cl2F2N4O4S/c1-17(2)34-16-26-35(41(39,40)25-9-7-19(29)14-20(25)30)15-24(33-10-4-3-5-11-33)28(38)36(26)23(27(34)37)13-18-6-8-21(31)22(32)12-18/h6-9,12,14,17,23-24,26H,3-5,10-11,13,15-16H2,1-2H3. The Kier molecular flexibility index (Phi) is 8.65. The van der Waals surface area contributed by atoms with Crippen LogP contribution in [0.25, 0.3) is 0 Å². The van der Waals surface area contributed by atoms with Crippen LogP contribution in [-0.2, 0) is 26.0 Å². The van der Waals surface area contributed by atoms with Crippen molar-refractivity contribution in [2.24, 2.45) is 0 Å². The fourth-order valence-electron chi connectivity index (χ4n) is 6.06. The van der Waals surface area contributed by atoms with E-state index in [2.05, 4.69) is 0 Å². The number of fused-ring (bicyclic) bond motifs is 1. The number of rotatable bonds is 6. The molecule has 3 fully saturated rings. The molecule has 2 aromatic rings. The molecule has 0 saturated carbocycles. The lowest BCUT2D eigenvalue weighted by atomic mass is 9.95. The number of sulfonamides is 1. The van der Waals surface area contributed by atoms with Crippen molar-refractivity contribution < 1.29 is 26.8 Å². The molecule has 0 N–H and O–H groups in total. The average molecular weight is 630 g/mol. The summed E-state index contributed by atoms with van der Waals surface area (Å²) in [6.45, 7) is 4.68. The first-order valence-electron chi connectivity index (χ1n) is 13.7. The molecule has 8 nitrogen and oxygen atoms in total. The molecule has 3 heterocycles. The van der Waals surface area contributed by atoms with Crippen molar-refractivity contribution >= 4 is 45.0 Å². The maximum absolute atomic E-state index is 14.3. The van der Waals surface area contributed by atoms with Gasteiger partial charge in [0.05, 0.1) is 11.6 Å². The van der Waals surface area contributed by atoms with Gasteiger partial charge in [-0.3, -0.25) is 14.5 Å². The van der Waals surface area contributed by atoms with Crippen molar-refractivity contribution in [1.82, 2.24) is 19.0 Å². The molecule has 3 unspecified atom stereocenters. The van der Waals surface area contributed by atoms with Crippen LogP contribution < -0.4 is 0 Å². The number of piperazine rings is 1. The molecule has 41 heavy (non-hydrogen) atoms. The van der Waals surface area contributed by atoms with Gasteiger partial charge in [0.1, 0.15) is 23.1 Å². The van der Waals surface area contributed by atoms with E-state index in [0.29, 0.717) is 18.7 Å². The predicted octanol–water partition coefficient (Wildman–Crippen LogP) is 4.15. The van der Waals surface area contributed by atoms with Gasteiger partial charge in [-0.2, -0.15) is 4.31 Å². The second kappa shape index (κ2) is 11.8. The highest BCUT2D eigenvalue weighted by molar-refractivity contribution is 7.89. The summed E-state index contributed by atoms with van der Waals surface area (Å²) < 4.78 is 57.6. The fourth-order valence-corrected chi connectivity index (χ4v) is 8.38. The van der Waals surface area contributed by atoms with Gasteiger partial charge in [-0.1, -0.05) is 35.7 Å². The number of halogens is 4. The minimum atomic E-state index is -4.28. The Morgan fingerprint density at radius 2 is 1.63 bits per heavy atom. The van der Waals surface area contributed by atoms with E-state index in [1.807, 2.05) is 4.90 Å².